The van der Waals surface area contributed by atoms with Crippen LogP contribution in [0.4, 0.5) is 0 Å². The minimum absolute atomic E-state index is 0.311. The zero-order valence-electron chi connectivity index (χ0n) is 8.44. The SMILES string of the molecule is CC(C)O[P](C)(=[Y])O[P](C)(C)=[Y]. The van der Waals surface area contributed by atoms with E-state index < -0.39 is 6.73 Å². The molecule has 0 fully saturated rings. The first-order chi connectivity index (χ1) is 5.12. The average molecular weight is 360 g/mol. The molecule has 0 radical (unpaired) electrons. The van der Waals surface area contributed by atoms with Gasteiger partial charge in [0.05, 0.1) is 0 Å². The van der Waals surface area contributed by atoms with Crippen molar-refractivity contribution >= 4 is 6.73 Å². The first-order valence-corrected chi connectivity index (χ1v) is 16.2. The van der Waals surface area contributed by atoms with Crippen LogP contribution in [0.2, 0.25) is 0 Å². The summed E-state index contributed by atoms with van der Waals surface area (Å²) in [5, 5.41) is 0. The molecule has 0 aliphatic rings. The van der Waals surface area contributed by atoms with Crippen molar-refractivity contribution in [3.05, 3.63) is 0 Å². The third-order valence-corrected chi connectivity index (χ3v) is 9.68. The van der Waals surface area contributed by atoms with E-state index in [2.05, 4.69) is 33.8 Å². The molecule has 1 atom stereocenters. The Hall–Kier alpha value is 2.99. The van der Waals surface area contributed by atoms with Crippen LogP contribution >= 0.6 is 6.73 Å². The van der Waals surface area contributed by atoms with E-state index in [0.29, 0.717) is 6.10 Å². The molecule has 0 aromatic rings. The van der Waals surface area contributed by atoms with Gasteiger partial charge in [0.15, 0.2) is 0 Å². The molecular weight excluding hydrogens is 344 g/mol. The molecule has 0 aliphatic heterocycles. The summed E-state index contributed by atoms with van der Waals surface area (Å²) in [7, 11) is 0. The summed E-state index contributed by atoms with van der Waals surface area (Å²) >= 11 is 2.34. The molecule has 0 saturated heterocycles. The van der Waals surface area contributed by atoms with Crippen molar-refractivity contribution in [2.45, 2.75) is 20.0 Å². The van der Waals surface area contributed by atoms with Crippen molar-refractivity contribution in [1.29, 1.82) is 0 Å². The van der Waals surface area contributed by atoms with E-state index in [0.717, 1.165) is 29.7 Å². The zero-order chi connectivity index (χ0) is 9.99. The molecule has 0 aromatic carbocycles. The van der Waals surface area contributed by atoms with E-state index in [4.69, 9.17) is 8.83 Å². The predicted molar refractivity (Wildman–Crippen MR) is 48.9 cm³/mol. The molecule has 0 N–H and O–H groups in total. The van der Waals surface area contributed by atoms with Crippen LogP contribution in [0.1, 0.15) is 13.8 Å². The molecule has 0 heterocycles. The topological polar surface area (TPSA) is 18.5 Å². The van der Waals surface area contributed by atoms with Gasteiger partial charge in [-0.3, -0.25) is 0 Å². The minimum atomic E-state index is -1.41. The average Bonchev–Trinajstić information content (AvgIpc) is 1.48. The van der Waals surface area contributed by atoms with Gasteiger partial charge >= 0.3 is 115 Å². The van der Waals surface area contributed by atoms with Crippen LogP contribution in [0.5, 0.6) is 0 Å². The van der Waals surface area contributed by atoms with Gasteiger partial charge in [0, 0.05) is 0 Å². The Labute approximate surface area is 113 Å². The van der Waals surface area contributed by atoms with Crippen molar-refractivity contribution in [3.8, 4) is 0 Å². The molecule has 0 aromatic heterocycles. The Morgan fingerprint density at radius 2 is 1.50 bits per heavy atom. The van der Waals surface area contributed by atoms with Gasteiger partial charge in [-0.05, 0) is 0 Å². The predicted octanol–water partition coefficient (Wildman–Crippen LogP) is 3.02. The second kappa shape index (κ2) is 5.91. The van der Waals surface area contributed by atoms with Crippen LogP contribution in [-0.2, 0) is 68.3 Å². The van der Waals surface area contributed by atoms with Gasteiger partial charge in [-0.1, -0.05) is 0 Å². The van der Waals surface area contributed by atoms with Crippen LogP contribution in [0.15, 0.2) is 0 Å². The maximum absolute atomic E-state index is 6.05. The fourth-order valence-electron chi connectivity index (χ4n) is 0.856. The summed E-state index contributed by atoms with van der Waals surface area (Å²) in [6, 6.07) is 0. The van der Waals surface area contributed by atoms with Gasteiger partial charge < -0.3 is 0 Å². The van der Waals surface area contributed by atoms with E-state index >= 15 is 0 Å². The Morgan fingerprint density at radius 3 is 1.75 bits per heavy atom. The third kappa shape index (κ3) is 9.54. The summed E-state index contributed by atoms with van der Waals surface area (Å²) in [5.74, 6) is 0. The fourth-order valence-corrected chi connectivity index (χ4v) is 22.4. The van der Waals surface area contributed by atoms with Gasteiger partial charge in [-0.15, -0.1) is 0 Å². The van der Waals surface area contributed by atoms with Gasteiger partial charge in [0.2, 0.25) is 0 Å². The summed E-state index contributed by atoms with van der Waals surface area (Å²) in [5.41, 5.74) is 0. The molecule has 0 saturated carbocycles. The van der Waals surface area contributed by atoms with Crippen LogP contribution in [0.3, 0.4) is 0 Å². The second-order valence-electron chi connectivity index (χ2n) is 3.58. The summed E-state index contributed by atoms with van der Waals surface area (Å²) in [6.45, 7) is 10.8. The van der Waals surface area contributed by atoms with E-state index in [1.54, 1.807) is 0 Å². The Kier molecular flexibility index (Phi) is 7.38. The van der Waals surface area contributed by atoms with Crippen molar-refractivity contribution in [3.63, 3.8) is 0 Å². The van der Waals surface area contributed by atoms with Crippen molar-refractivity contribution in [2.24, 2.45) is 0 Å². The van der Waals surface area contributed by atoms with Crippen LogP contribution < -0.4 is 0 Å². The normalized spacial score (nSPS) is 18.2. The monoisotopic (exact) mass is 360 g/mol. The number of hydrogen-bond donors (Lipinski definition) is 0. The summed E-state index contributed by atoms with van der Waals surface area (Å²) in [6.07, 6.45) is 0.311. The van der Waals surface area contributed by atoms with Gasteiger partial charge in [-0.25, -0.2) is 0 Å². The molecule has 2 nitrogen and oxygen atoms in total. The molecular formula is C6H16O2P2Y2. The van der Waals surface area contributed by atoms with Crippen molar-refractivity contribution in [1.82, 2.24) is 0 Å². The van der Waals surface area contributed by atoms with Gasteiger partial charge in [0.1, 0.15) is 0 Å². The summed E-state index contributed by atoms with van der Waals surface area (Å²) < 4.78 is 9.45. The number of hydrogen-bond acceptors (Lipinski definition) is 2. The maximum atomic E-state index is 6.05. The van der Waals surface area contributed by atoms with Crippen LogP contribution in [0, 0.1) is 0 Å². The Bertz CT molecular complexity index is 234. The molecule has 6 heteroatoms. The van der Waals surface area contributed by atoms with E-state index in [1.807, 2.05) is 0 Å². The summed E-state index contributed by atoms with van der Waals surface area (Å²) in [4.78, 5) is 0. The quantitative estimate of drug-likeness (QED) is 0.718. The first-order valence-electron chi connectivity index (χ1n) is 3.80. The Morgan fingerprint density at radius 1 is 1.08 bits per heavy atom. The van der Waals surface area contributed by atoms with Gasteiger partial charge in [0.25, 0.3) is 0 Å². The molecule has 0 spiro atoms. The molecule has 0 aliphatic carbocycles. The van der Waals surface area contributed by atoms with Crippen LogP contribution in [0.25, 0.3) is 0 Å². The molecule has 0 amide bonds. The Balaban J connectivity index is 4.25. The third-order valence-electron chi connectivity index (χ3n) is 0.793. The van der Waals surface area contributed by atoms with Crippen molar-refractivity contribution in [2.75, 3.05) is 20.0 Å². The first kappa shape index (κ1) is 15.0. The van der Waals surface area contributed by atoms with E-state index in [9.17, 15) is 0 Å². The number of rotatable bonds is 4. The standard InChI is InChI=1S/C6H16O2P2.2Y/c1-6(2)7-10(5)8-9(3)4;;/h6H,1-5H3;;. The molecule has 68 valence electrons. The van der Waals surface area contributed by atoms with Crippen LogP contribution in [-0.4, -0.2) is 26.1 Å². The molecule has 0 bridgehead atoms. The zero-order valence-corrected chi connectivity index (χ0v) is 15.9. The van der Waals surface area contributed by atoms with Gasteiger partial charge in [-0.2, -0.15) is 0 Å². The second-order valence-corrected chi connectivity index (χ2v) is 25.2. The molecule has 12 heavy (non-hydrogen) atoms. The molecule has 1 unspecified atom stereocenters. The molecule has 0 rings (SSSR count). The fraction of sp³-hybridized carbons (Fsp3) is 1.00. The van der Waals surface area contributed by atoms with E-state index in [1.165, 1.54) is 29.7 Å². The van der Waals surface area contributed by atoms with Crippen molar-refractivity contribution < 1.29 is 68.3 Å². The van der Waals surface area contributed by atoms with E-state index in [-0.39, 0.29) is 0 Å².